The fraction of sp³-hybridized carbons (Fsp3) is 0.667. The van der Waals surface area contributed by atoms with Crippen molar-refractivity contribution in [2.24, 2.45) is 0 Å². The van der Waals surface area contributed by atoms with Gasteiger partial charge in [-0.2, -0.15) is 13.2 Å². The molecule has 2 unspecified atom stereocenters. The molecule has 2 aliphatic heterocycles. The minimum absolute atomic E-state index is 0.0453. The standard InChI is InChI=1S/C18H23F3N2O2S2/c19-18(20,21)13-5-8-22-16(11-13)25-14-6-9-23(12-14)17(24)4-2-1-3-15-7-10-26-27-15/h5,8,11,14-15H,1-4,6-7,9-10,12H2. The number of halogens is 3. The molecule has 0 saturated carbocycles. The predicted molar refractivity (Wildman–Crippen MR) is 102 cm³/mol. The molecule has 0 bridgehead atoms. The van der Waals surface area contributed by atoms with Gasteiger partial charge in [0.05, 0.1) is 12.1 Å². The summed E-state index contributed by atoms with van der Waals surface area (Å²) < 4.78 is 43.8. The van der Waals surface area contributed by atoms with Gasteiger partial charge in [-0.25, -0.2) is 4.98 Å². The van der Waals surface area contributed by atoms with Crippen molar-refractivity contribution in [2.75, 3.05) is 18.8 Å². The molecular weight excluding hydrogens is 397 g/mol. The van der Waals surface area contributed by atoms with Crippen LogP contribution in [-0.2, 0) is 11.0 Å². The number of aromatic nitrogens is 1. The Morgan fingerprint density at radius 2 is 2.19 bits per heavy atom. The molecular formula is C18H23F3N2O2S2. The Balaban J connectivity index is 1.39. The highest BCUT2D eigenvalue weighted by atomic mass is 33.1. The van der Waals surface area contributed by atoms with Crippen molar-refractivity contribution in [3.8, 4) is 5.88 Å². The number of ether oxygens (including phenoxy) is 1. The Kier molecular flexibility index (Phi) is 7.19. The fourth-order valence-electron chi connectivity index (χ4n) is 3.24. The molecule has 2 aliphatic rings. The Labute approximate surface area is 165 Å². The quantitative estimate of drug-likeness (QED) is 0.469. The average Bonchev–Trinajstić information content (AvgIpc) is 3.30. The number of hydrogen-bond acceptors (Lipinski definition) is 5. The number of nitrogens with zero attached hydrogens (tertiary/aromatic N) is 2. The van der Waals surface area contributed by atoms with Gasteiger partial charge in [-0.3, -0.25) is 4.79 Å². The largest absolute Gasteiger partial charge is 0.472 e. The molecule has 2 fully saturated rings. The Morgan fingerprint density at radius 1 is 1.33 bits per heavy atom. The summed E-state index contributed by atoms with van der Waals surface area (Å²) in [6.45, 7) is 0.990. The molecule has 0 spiro atoms. The highest BCUT2D eigenvalue weighted by molar-refractivity contribution is 8.77. The van der Waals surface area contributed by atoms with E-state index in [1.165, 1.54) is 12.2 Å². The molecule has 1 amide bonds. The molecule has 0 aliphatic carbocycles. The number of carbonyl (C=O) groups is 1. The average molecular weight is 421 g/mol. The summed E-state index contributed by atoms with van der Waals surface area (Å²) in [6, 6.07) is 1.82. The number of unbranched alkanes of at least 4 members (excludes halogenated alkanes) is 1. The third kappa shape index (κ3) is 6.20. The zero-order valence-corrected chi connectivity index (χ0v) is 16.5. The van der Waals surface area contributed by atoms with E-state index in [9.17, 15) is 18.0 Å². The first-order valence-electron chi connectivity index (χ1n) is 9.18. The first-order valence-corrected chi connectivity index (χ1v) is 11.6. The van der Waals surface area contributed by atoms with Gasteiger partial charge in [0.1, 0.15) is 6.10 Å². The van der Waals surface area contributed by atoms with Crippen molar-refractivity contribution in [1.82, 2.24) is 9.88 Å². The van der Waals surface area contributed by atoms with E-state index in [1.807, 2.05) is 21.6 Å². The van der Waals surface area contributed by atoms with Gasteiger partial charge < -0.3 is 9.64 Å². The second kappa shape index (κ2) is 9.41. The molecule has 3 rings (SSSR count). The lowest BCUT2D eigenvalue weighted by molar-refractivity contribution is -0.137. The van der Waals surface area contributed by atoms with Crippen molar-refractivity contribution in [3.05, 3.63) is 23.9 Å². The Bertz CT molecular complexity index is 639. The first kappa shape index (κ1) is 20.6. The molecule has 0 N–H and O–H groups in total. The number of alkyl halides is 3. The van der Waals surface area contributed by atoms with Gasteiger partial charge in [-0.1, -0.05) is 28.0 Å². The number of likely N-dealkylation sites (tertiary alicyclic amines) is 1. The van der Waals surface area contributed by atoms with E-state index < -0.39 is 11.7 Å². The SMILES string of the molecule is O=C(CCCCC1CCSS1)N1CCC(Oc2cc(C(F)(F)F)ccn2)C1. The maximum atomic E-state index is 12.8. The van der Waals surface area contributed by atoms with E-state index in [1.54, 1.807) is 4.90 Å². The number of rotatable bonds is 7. The number of carbonyl (C=O) groups excluding carboxylic acids is 1. The molecule has 1 aromatic heterocycles. The Hall–Kier alpha value is -1.09. The van der Waals surface area contributed by atoms with Crippen molar-refractivity contribution in [2.45, 2.75) is 56.1 Å². The molecule has 0 aromatic carbocycles. The summed E-state index contributed by atoms with van der Waals surface area (Å²) in [5, 5.41) is 0.731. The zero-order valence-electron chi connectivity index (χ0n) is 14.9. The van der Waals surface area contributed by atoms with Crippen LogP contribution in [0.15, 0.2) is 18.3 Å². The van der Waals surface area contributed by atoms with Crippen LogP contribution in [0.2, 0.25) is 0 Å². The monoisotopic (exact) mass is 420 g/mol. The van der Waals surface area contributed by atoms with Gasteiger partial charge >= 0.3 is 6.18 Å². The topological polar surface area (TPSA) is 42.4 Å². The van der Waals surface area contributed by atoms with E-state index >= 15 is 0 Å². The van der Waals surface area contributed by atoms with Crippen molar-refractivity contribution >= 4 is 27.5 Å². The summed E-state index contributed by atoms with van der Waals surface area (Å²) in [5.41, 5.74) is -0.780. The van der Waals surface area contributed by atoms with Crippen LogP contribution >= 0.6 is 21.6 Å². The molecule has 1 aromatic rings. The highest BCUT2D eigenvalue weighted by Crippen LogP contribution is 2.40. The van der Waals surface area contributed by atoms with E-state index in [4.69, 9.17) is 4.74 Å². The Morgan fingerprint density at radius 3 is 2.93 bits per heavy atom. The summed E-state index contributed by atoms with van der Waals surface area (Å²) in [6.07, 6.45) is 1.88. The predicted octanol–water partition coefficient (Wildman–Crippen LogP) is 4.79. The van der Waals surface area contributed by atoms with Crippen LogP contribution < -0.4 is 4.74 Å². The normalized spacial score (nSPS) is 23.0. The summed E-state index contributed by atoms with van der Waals surface area (Å²) in [7, 11) is 3.89. The zero-order chi connectivity index (χ0) is 19.3. The van der Waals surface area contributed by atoms with E-state index in [0.717, 1.165) is 42.8 Å². The minimum Gasteiger partial charge on any atom is -0.472 e. The lowest BCUT2D eigenvalue weighted by Gasteiger charge is -2.17. The smallest absolute Gasteiger partial charge is 0.416 e. The van der Waals surface area contributed by atoms with Crippen LogP contribution in [-0.4, -0.2) is 46.0 Å². The maximum Gasteiger partial charge on any atom is 0.416 e. The van der Waals surface area contributed by atoms with Crippen molar-refractivity contribution in [3.63, 3.8) is 0 Å². The summed E-state index contributed by atoms with van der Waals surface area (Å²) >= 11 is 0. The van der Waals surface area contributed by atoms with Gasteiger partial charge in [0.25, 0.3) is 0 Å². The maximum absolute atomic E-state index is 12.8. The summed E-state index contributed by atoms with van der Waals surface area (Å²) in [4.78, 5) is 17.9. The number of hydrogen-bond donors (Lipinski definition) is 0. The van der Waals surface area contributed by atoms with Crippen LogP contribution in [0.25, 0.3) is 0 Å². The van der Waals surface area contributed by atoms with Crippen LogP contribution in [0.4, 0.5) is 13.2 Å². The fourth-order valence-corrected chi connectivity index (χ4v) is 6.27. The van der Waals surface area contributed by atoms with Crippen LogP contribution in [0.5, 0.6) is 5.88 Å². The molecule has 0 radical (unpaired) electrons. The van der Waals surface area contributed by atoms with Gasteiger partial charge in [0, 0.05) is 42.7 Å². The molecule has 3 heterocycles. The first-order chi connectivity index (χ1) is 12.9. The minimum atomic E-state index is -4.42. The molecule has 27 heavy (non-hydrogen) atoms. The van der Waals surface area contributed by atoms with Crippen LogP contribution in [0.1, 0.15) is 44.1 Å². The highest BCUT2D eigenvalue weighted by Gasteiger charge is 2.32. The van der Waals surface area contributed by atoms with Crippen molar-refractivity contribution < 1.29 is 22.7 Å². The second-order valence-electron chi connectivity index (χ2n) is 6.82. The molecule has 2 saturated heterocycles. The van der Waals surface area contributed by atoms with Crippen molar-refractivity contribution in [1.29, 1.82) is 0 Å². The van der Waals surface area contributed by atoms with E-state index in [-0.39, 0.29) is 17.9 Å². The second-order valence-corrected chi connectivity index (χ2v) is 9.61. The molecule has 150 valence electrons. The molecule has 9 heteroatoms. The van der Waals surface area contributed by atoms with Gasteiger partial charge in [-0.15, -0.1) is 0 Å². The van der Waals surface area contributed by atoms with E-state index in [2.05, 4.69) is 4.98 Å². The lowest BCUT2D eigenvalue weighted by atomic mass is 10.1. The lowest BCUT2D eigenvalue weighted by Crippen LogP contribution is -2.30. The molecule has 4 nitrogen and oxygen atoms in total. The van der Waals surface area contributed by atoms with Crippen LogP contribution in [0, 0.1) is 0 Å². The van der Waals surface area contributed by atoms with Gasteiger partial charge in [0.15, 0.2) is 0 Å². The van der Waals surface area contributed by atoms with Gasteiger partial charge in [-0.05, 0) is 25.3 Å². The number of pyridine rings is 1. The van der Waals surface area contributed by atoms with Crippen LogP contribution in [0.3, 0.4) is 0 Å². The van der Waals surface area contributed by atoms with Gasteiger partial charge in [0.2, 0.25) is 11.8 Å². The third-order valence-corrected chi connectivity index (χ3v) is 7.75. The molecule has 2 atom stereocenters. The third-order valence-electron chi connectivity index (χ3n) is 4.74. The summed E-state index contributed by atoms with van der Waals surface area (Å²) in [5.74, 6) is 1.28. The number of amides is 1. The van der Waals surface area contributed by atoms with E-state index in [0.29, 0.717) is 25.9 Å².